The maximum absolute atomic E-state index is 13.1. The minimum atomic E-state index is -1.26. The Morgan fingerprint density at radius 1 is 1.06 bits per heavy atom. The van der Waals surface area contributed by atoms with Crippen molar-refractivity contribution in [3.8, 4) is 5.75 Å². The van der Waals surface area contributed by atoms with E-state index in [-0.39, 0.29) is 11.9 Å². The summed E-state index contributed by atoms with van der Waals surface area (Å²) >= 11 is 0. The molecule has 0 saturated carbocycles. The van der Waals surface area contributed by atoms with Gasteiger partial charge < -0.3 is 14.9 Å². The lowest BCUT2D eigenvalue weighted by Crippen LogP contribution is -2.44. The summed E-state index contributed by atoms with van der Waals surface area (Å²) in [6, 6.07) is 16.8. The first-order valence-electron chi connectivity index (χ1n) is 9.83. The molecular weight excluding hydrogens is 401 g/mol. The number of piperidine rings is 1. The van der Waals surface area contributed by atoms with Gasteiger partial charge in [0.15, 0.2) is 0 Å². The molecule has 1 fully saturated rings. The average molecular weight is 427 g/mol. The maximum atomic E-state index is 13.1. The van der Waals surface area contributed by atoms with Gasteiger partial charge in [0.1, 0.15) is 17.7 Å². The van der Waals surface area contributed by atoms with Crippen molar-refractivity contribution in [3.63, 3.8) is 0 Å². The van der Waals surface area contributed by atoms with Crippen LogP contribution in [0.1, 0.15) is 17.9 Å². The molecule has 2 atom stereocenters. The molecule has 1 aliphatic rings. The predicted molar refractivity (Wildman–Crippen MR) is 116 cm³/mol. The van der Waals surface area contributed by atoms with E-state index in [1.54, 1.807) is 12.1 Å². The molecule has 164 valence electrons. The molecule has 7 heteroatoms. The fourth-order valence-corrected chi connectivity index (χ4v) is 3.34. The number of nitrogens with zero attached hydrogens (tertiary/aromatic N) is 1. The van der Waals surface area contributed by atoms with E-state index in [2.05, 4.69) is 35.7 Å². The van der Waals surface area contributed by atoms with Gasteiger partial charge in [0.2, 0.25) is 0 Å². The van der Waals surface area contributed by atoms with Crippen LogP contribution in [0, 0.1) is 5.82 Å². The van der Waals surface area contributed by atoms with Crippen LogP contribution in [0.15, 0.2) is 79.4 Å². The Morgan fingerprint density at radius 2 is 1.68 bits per heavy atom. The molecule has 0 radical (unpaired) electrons. The van der Waals surface area contributed by atoms with E-state index in [1.807, 2.05) is 12.1 Å². The highest BCUT2D eigenvalue weighted by Gasteiger charge is 2.31. The molecule has 31 heavy (non-hydrogen) atoms. The SMILES string of the molecule is C=CCN1CC[C@@H](Oc2ccc(F)cc2)[C@H](c2ccccc2)C1.O=C(O)C=CC(=O)O. The van der Waals surface area contributed by atoms with Crippen LogP contribution in [0.3, 0.4) is 0 Å². The third-order valence-electron chi connectivity index (χ3n) is 4.72. The summed E-state index contributed by atoms with van der Waals surface area (Å²) in [4.78, 5) is 21.5. The quantitative estimate of drug-likeness (QED) is 0.514. The van der Waals surface area contributed by atoms with Crippen LogP contribution in [-0.4, -0.2) is 52.8 Å². The number of ether oxygens (including phenoxy) is 1. The molecule has 1 aliphatic heterocycles. The van der Waals surface area contributed by atoms with Gasteiger partial charge in [0.05, 0.1) is 0 Å². The van der Waals surface area contributed by atoms with Crippen molar-refractivity contribution in [2.75, 3.05) is 19.6 Å². The van der Waals surface area contributed by atoms with E-state index in [9.17, 15) is 14.0 Å². The minimum Gasteiger partial charge on any atom is -0.490 e. The molecular formula is C24H26FNO5. The maximum Gasteiger partial charge on any atom is 0.328 e. The summed E-state index contributed by atoms with van der Waals surface area (Å²) in [7, 11) is 0. The zero-order valence-electron chi connectivity index (χ0n) is 17.1. The molecule has 2 N–H and O–H groups in total. The summed E-state index contributed by atoms with van der Waals surface area (Å²) in [5.41, 5.74) is 1.29. The lowest BCUT2D eigenvalue weighted by molar-refractivity contribution is -0.134. The fraction of sp³-hybridized carbons (Fsp3) is 0.250. The second kappa shape index (κ2) is 12.3. The van der Waals surface area contributed by atoms with Crippen LogP contribution in [0.2, 0.25) is 0 Å². The third-order valence-corrected chi connectivity index (χ3v) is 4.72. The van der Waals surface area contributed by atoms with E-state index in [4.69, 9.17) is 14.9 Å². The number of rotatable bonds is 7. The fourth-order valence-electron chi connectivity index (χ4n) is 3.34. The molecule has 3 rings (SSSR count). The number of likely N-dealkylation sites (tertiary alicyclic amines) is 1. The molecule has 1 saturated heterocycles. The Morgan fingerprint density at radius 3 is 2.23 bits per heavy atom. The minimum absolute atomic E-state index is 0.101. The highest BCUT2D eigenvalue weighted by atomic mass is 19.1. The van der Waals surface area contributed by atoms with Gasteiger partial charge in [-0.25, -0.2) is 14.0 Å². The van der Waals surface area contributed by atoms with E-state index < -0.39 is 11.9 Å². The van der Waals surface area contributed by atoms with Crippen molar-refractivity contribution in [3.05, 3.63) is 90.8 Å². The lowest BCUT2D eigenvalue weighted by Gasteiger charge is -2.38. The molecule has 0 spiro atoms. The number of aliphatic carboxylic acids is 2. The Balaban J connectivity index is 0.000000366. The molecule has 0 aromatic heterocycles. The topological polar surface area (TPSA) is 87.1 Å². The number of benzene rings is 2. The van der Waals surface area contributed by atoms with Gasteiger partial charge in [0.25, 0.3) is 0 Å². The molecule has 2 aromatic carbocycles. The van der Waals surface area contributed by atoms with Gasteiger partial charge in [0, 0.05) is 37.7 Å². The van der Waals surface area contributed by atoms with Gasteiger partial charge in [-0.3, -0.25) is 4.90 Å². The summed E-state index contributed by atoms with van der Waals surface area (Å²) in [5.74, 6) is -1.72. The van der Waals surface area contributed by atoms with Crippen molar-refractivity contribution in [2.24, 2.45) is 0 Å². The smallest absolute Gasteiger partial charge is 0.328 e. The lowest BCUT2D eigenvalue weighted by atomic mass is 9.87. The Hall–Kier alpha value is -3.45. The molecule has 0 unspecified atom stereocenters. The van der Waals surface area contributed by atoms with Gasteiger partial charge in [-0.1, -0.05) is 36.4 Å². The first-order chi connectivity index (χ1) is 14.9. The molecule has 1 heterocycles. The van der Waals surface area contributed by atoms with Crippen molar-refractivity contribution in [2.45, 2.75) is 18.4 Å². The zero-order valence-corrected chi connectivity index (χ0v) is 17.1. The van der Waals surface area contributed by atoms with Crippen LogP contribution >= 0.6 is 0 Å². The molecule has 2 aromatic rings. The Bertz CT molecular complexity index is 867. The first-order valence-corrected chi connectivity index (χ1v) is 9.83. The predicted octanol–water partition coefficient (Wildman–Crippen LogP) is 3.96. The van der Waals surface area contributed by atoms with Crippen LogP contribution in [0.5, 0.6) is 5.75 Å². The van der Waals surface area contributed by atoms with Crippen LogP contribution in [0.25, 0.3) is 0 Å². The van der Waals surface area contributed by atoms with Crippen LogP contribution in [0.4, 0.5) is 4.39 Å². The second-order valence-electron chi connectivity index (χ2n) is 6.97. The van der Waals surface area contributed by atoms with E-state index >= 15 is 0 Å². The first kappa shape index (κ1) is 23.8. The van der Waals surface area contributed by atoms with E-state index in [0.717, 1.165) is 31.8 Å². The zero-order chi connectivity index (χ0) is 22.6. The van der Waals surface area contributed by atoms with Crippen LogP contribution in [-0.2, 0) is 9.59 Å². The monoisotopic (exact) mass is 427 g/mol. The number of hydrogen-bond donors (Lipinski definition) is 2. The Kier molecular flexibility index (Phi) is 9.45. The summed E-state index contributed by atoms with van der Waals surface area (Å²) in [5, 5.41) is 15.6. The molecule has 0 amide bonds. The van der Waals surface area contributed by atoms with E-state index in [0.29, 0.717) is 18.1 Å². The summed E-state index contributed by atoms with van der Waals surface area (Å²) in [6.45, 7) is 6.67. The number of hydrogen-bond acceptors (Lipinski definition) is 4. The van der Waals surface area contributed by atoms with Gasteiger partial charge >= 0.3 is 11.9 Å². The van der Waals surface area contributed by atoms with E-state index in [1.165, 1.54) is 17.7 Å². The standard InChI is InChI=1S/C20H22FNO.C4H4O4/c1-2-13-22-14-12-20(23-18-10-8-17(21)9-11-18)19(15-22)16-6-4-3-5-7-16;5-3(6)1-2-4(7)8/h2-11,19-20H,1,12-15H2;1-2H,(H,5,6)(H,7,8)/t19-,20+;/m0./s1. The van der Waals surface area contributed by atoms with Crippen molar-refractivity contribution >= 4 is 11.9 Å². The molecule has 0 bridgehead atoms. The van der Waals surface area contributed by atoms with Crippen molar-refractivity contribution in [1.29, 1.82) is 0 Å². The number of carboxylic acids is 2. The Labute approximate surface area is 180 Å². The normalized spacial score (nSPS) is 18.6. The second-order valence-corrected chi connectivity index (χ2v) is 6.97. The number of halogens is 1. The van der Waals surface area contributed by atoms with Crippen LogP contribution < -0.4 is 4.74 Å². The van der Waals surface area contributed by atoms with Gasteiger partial charge in [-0.15, -0.1) is 6.58 Å². The highest BCUT2D eigenvalue weighted by Crippen LogP contribution is 2.30. The largest absolute Gasteiger partial charge is 0.490 e. The molecule has 0 aliphatic carbocycles. The number of carboxylic acid groups (broad SMARTS) is 2. The van der Waals surface area contributed by atoms with Crippen molar-refractivity contribution < 1.29 is 28.9 Å². The third kappa shape index (κ3) is 8.44. The van der Waals surface area contributed by atoms with Crippen molar-refractivity contribution in [1.82, 2.24) is 4.90 Å². The highest BCUT2D eigenvalue weighted by molar-refractivity contribution is 5.89. The summed E-state index contributed by atoms with van der Waals surface area (Å²) in [6.07, 6.45) is 4.11. The number of carbonyl (C=O) groups is 2. The molecule has 6 nitrogen and oxygen atoms in total. The average Bonchev–Trinajstić information content (AvgIpc) is 2.76. The summed E-state index contributed by atoms with van der Waals surface area (Å²) < 4.78 is 19.3. The van der Waals surface area contributed by atoms with Gasteiger partial charge in [-0.2, -0.15) is 0 Å². The van der Waals surface area contributed by atoms with Gasteiger partial charge in [-0.05, 0) is 36.2 Å².